The SMILES string of the molecule is Cn1cnc(CC2CCCCNC2)n1. The fourth-order valence-corrected chi connectivity index (χ4v) is 2.00. The van der Waals surface area contributed by atoms with Crippen molar-refractivity contribution >= 4 is 0 Å². The van der Waals surface area contributed by atoms with Crippen LogP contribution >= 0.6 is 0 Å². The van der Waals surface area contributed by atoms with Gasteiger partial charge in [0.2, 0.25) is 0 Å². The van der Waals surface area contributed by atoms with E-state index in [2.05, 4.69) is 15.4 Å². The molecule has 0 amide bonds. The molecule has 1 aliphatic rings. The molecular formula is C10H18N4. The van der Waals surface area contributed by atoms with Gasteiger partial charge in [0.05, 0.1) is 0 Å². The quantitative estimate of drug-likeness (QED) is 0.755. The summed E-state index contributed by atoms with van der Waals surface area (Å²) in [6.45, 7) is 2.30. The molecule has 1 saturated heterocycles. The predicted octanol–water partition coefficient (Wildman–Crippen LogP) is 0.747. The molecule has 0 bridgehead atoms. The fraction of sp³-hybridized carbons (Fsp3) is 0.800. The largest absolute Gasteiger partial charge is 0.316 e. The first-order valence-corrected chi connectivity index (χ1v) is 5.40. The maximum atomic E-state index is 4.31. The first-order chi connectivity index (χ1) is 6.84. The third-order valence-electron chi connectivity index (χ3n) is 2.77. The molecule has 0 aromatic carbocycles. The van der Waals surface area contributed by atoms with Gasteiger partial charge < -0.3 is 5.32 Å². The normalized spacial score (nSPS) is 23.4. The Balaban J connectivity index is 1.89. The number of hydrogen-bond donors (Lipinski definition) is 1. The zero-order valence-corrected chi connectivity index (χ0v) is 8.74. The number of aryl methyl sites for hydroxylation is 1. The maximum absolute atomic E-state index is 4.31. The Morgan fingerprint density at radius 1 is 1.57 bits per heavy atom. The Morgan fingerprint density at radius 2 is 2.50 bits per heavy atom. The number of hydrogen-bond acceptors (Lipinski definition) is 3. The van der Waals surface area contributed by atoms with Gasteiger partial charge in [-0.2, -0.15) is 5.10 Å². The molecule has 14 heavy (non-hydrogen) atoms. The van der Waals surface area contributed by atoms with Crippen LogP contribution in [0.4, 0.5) is 0 Å². The van der Waals surface area contributed by atoms with Gasteiger partial charge >= 0.3 is 0 Å². The monoisotopic (exact) mass is 194 g/mol. The number of aromatic nitrogens is 3. The molecule has 1 N–H and O–H groups in total. The van der Waals surface area contributed by atoms with Crippen molar-refractivity contribution < 1.29 is 0 Å². The average molecular weight is 194 g/mol. The lowest BCUT2D eigenvalue weighted by Crippen LogP contribution is -2.22. The van der Waals surface area contributed by atoms with Gasteiger partial charge in [0, 0.05) is 13.5 Å². The zero-order valence-electron chi connectivity index (χ0n) is 8.74. The number of nitrogens with one attached hydrogen (secondary N) is 1. The molecule has 1 aromatic heterocycles. The summed E-state index contributed by atoms with van der Waals surface area (Å²) in [6, 6.07) is 0. The van der Waals surface area contributed by atoms with E-state index in [1.165, 1.54) is 25.8 Å². The summed E-state index contributed by atoms with van der Waals surface area (Å²) in [5.74, 6) is 1.71. The number of nitrogens with zero attached hydrogens (tertiary/aromatic N) is 3. The molecule has 0 aliphatic carbocycles. The molecule has 0 saturated carbocycles. The van der Waals surface area contributed by atoms with Crippen molar-refractivity contribution in [2.45, 2.75) is 25.7 Å². The van der Waals surface area contributed by atoms with Crippen LogP contribution < -0.4 is 5.32 Å². The summed E-state index contributed by atoms with van der Waals surface area (Å²) in [6.07, 6.45) is 6.76. The van der Waals surface area contributed by atoms with Crippen molar-refractivity contribution in [1.82, 2.24) is 20.1 Å². The highest BCUT2D eigenvalue weighted by Crippen LogP contribution is 2.14. The van der Waals surface area contributed by atoms with Crippen LogP contribution in [0.3, 0.4) is 0 Å². The first-order valence-electron chi connectivity index (χ1n) is 5.40. The molecule has 1 aromatic rings. The minimum atomic E-state index is 0.722. The molecule has 0 radical (unpaired) electrons. The van der Waals surface area contributed by atoms with Crippen LogP contribution in [-0.4, -0.2) is 27.9 Å². The summed E-state index contributed by atoms with van der Waals surface area (Å²) >= 11 is 0. The second kappa shape index (κ2) is 4.55. The lowest BCUT2D eigenvalue weighted by molar-refractivity contribution is 0.466. The standard InChI is InChI=1S/C10H18N4/c1-14-8-12-10(13-14)6-9-4-2-3-5-11-7-9/h8-9,11H,2-7H2,1H3. The molecule has 2 rings (SSSR count). The van der Waals surface area contributed by atoms with Crippen molar-refractivity contribution in [3.05, 3.63) is 12.2 Å². The van der Waals surface area contributed by atoms with Crippen molar-refractivity contribution in [2.24, 2.45) is 13.0 Å². The summed E-state index contributed by atoms with van der Waals surface area (Å²) in [7, 11) is 1.92. The third kappa shape index (κ3) is 2.54. The Bertz CT molecular complexity index is 273. The van der Waals surface area contributed by atoms with Crippen LogP contribution in [-0.2, 0) is 13.5 Å². The third-order valence-corrected chi connectivity index (χ3v) is 2.77. The summed E-state index contributed by atoms with van der Waals surface area (Å²) < 4.78 is 1.78. The highest BCUT2D eigenvalue weighted by molar-refractivity contribution is 4.85. The minimum Gasteiger partial charge on any atom is -0.316 e. The summed E-state index contributed by atoms with van der Waals surface area (Å²) in [4.78, 5) is 4.26. The van der Waals surface area contributed by atoms with Gasteiger partial charge in [-0.15, -0.1) is 0 Å². The van der Waals surface area contributed by atoms with E-state index in [0.29, 0.717) is 0 Å². The Kier molecular flexibility index (Phi) is 3.14. The van der Waals surface area contributed by atoms with E-state index in [1.54, 1.807) is 11.0 Å². The van der Waals surface area contributed by atoms with E-state index in [9.17, 15) is 0 Å². The van der Waals surface area contributed by atoms with Crippen LogP contribution in [0.1, 0.15) is 25.1 Å². The highest BCUT2D eigenvalue weighted by atomic mass is 15.3. The predicted molar refractivity (Wildman–Crippen MR) is 54.9 cm³/mol. The van der Waals surface area contributed by atoms with Gasteiger partial charge in [-0.3, -0.25) is 4.68 Å². The van der Waals surface area contributed by atoms with E-state index in [-0.39, 0.29) is 0 Å². The van der Waals surface area contributed by atoms with Crippen LogP contribution in [0.25, 0.3) is 0 Å². The lowest BCUT2D eigenvalue weighted by Gasteiger charge is -2.11. The Hall–Kier alpha value is -0.900. The molecule has 78 valence electrons. The van der Waals surface area contributed by atoms with Crippen molar-refractivity contribution in [1.29, 1.82) is 0 Å². The van der Waals surface area contributed by atoms with Crippen molar-refractivity contribution in [2.75, 3.05) is 13.1 Å². The second-order valence-electron chi connectivity index (χ2n) is 4.10. The first kappa shape index (κ1) is 9.65. The summed E-state index contributed by atoms with van der Waals surface area (Å²) in [5, 5.41) is 7.78. The van der Waals surface area contributed by atoms with Crippen molar-refractivity contribution in [3.63, 3.8) is 0 Å². The molecule has 4 nitrogen and oxygen atoms in total. The Morgan fingerprint density at radius 3 is 3.29 bits per heavy atom. The molecule has 2 heterocycles. The fourth-order valence-electron chi connectivity index (χ4n) is 2.00. The van der Waals surface area contributed by atoms with Crippen LogP contribution in [0.15, 0.2) is 6.33 Å². The van der Waals surface area contributed by atoms with Gasteiger partial charge in [0.1, 0.15) is 6.33 Å². The Labute approximate surface area is 84.7 Å². The lowest BCUT2D eigenvalue weighted by atomic mass is 10.00. The minimum absolute atomic E-state index is 0.722. The van der Waals surface area contributed by atoms with E-state index < -0.39 is 0 Å². The summed E-state index contributed by atoms with van der Waals surface area (Å²) in [5.41, 5.74) is 0. The van der Waals surface area contributed by atoms with E-state index in [1.807, 2.05) is 7.05 Å². The second-order valence-corrected chi connectivity index (χ2v) is 4.10. The topological polar surface area (TPSA) is 42.7 Å². The van der Waals surface area contributed by atoms with Crippen LogP contribution in [0.5, 0.6) is 0 Å². The van der Waals surface area contributed by atoms with Crippen LogP contribution in [0.2, 0.25) is 0 Å². The molecule has 4 heteroatoms. The van der Waals surface area contributed by atoms with Gasteiger partial charge in [-0.25, -0.2) is 4.98 Å². The van der Waals surface area contributed by atoms with Gasteiger partial charge in [0.25, 0.3) is 0 Å². The molecule has 1 unspecified atom stereocenters. The average Bonchev–Trinajstić information content (AvgIpc) is 2.43. The van der Waals surface area contributed by atoms with Crippen molar-refractivity contribution in [3.8, 4) is 0 Å². The van der Waals surface area contributed by atoms with Gasteiger partial charge in [0.15, 0.2) is 5.82 Å². The molecule has 1 aliphatic heterocycles. The zero-order chi connectivity index (χ0) is 9.80. The molecular weight excluding hydrogens is 176 g/mol. The molecule has 1 fully saturated rings. The smallest absolute Gasteiger partial charge is 0.150 e. The van der Waals surface area contributed by atoms with Gasteiger partial charge in [-0.1, -0.05) is 6.42 Å². The number of rotatable bonds is 2. The van der Waals surface area contributed by atoms with E-state index in [0.717, 1.165) is 24.7 Å². The highest BCUT2D eigenvalue weighted by Gasteiger charge is 2.14. The molecule has 0 spiro atoms. The maximum Gasteiger partial charge on any atom is 0.150 e. The van der Waals surface area contributed by atoms with E-state index in [4.69, 9.17) is 0 Å². The van der Waals surface area contributed by atoms with E-state index >= 15 is 0 Å². The van der Waals surface area contributed by atoms with Crippen LogP contribution in [0, 0.1) is 5.92 Å². The van der Waals surface area contributed by atoms with Gasteiger partial charge in [-0.05, 0) is 31.8 Å². The molecule has 1 atom stereocenters.